The smallest absolute Gasteiger partial charge is 0.408 e. The summed E-state index contributed by atoms with van der Waals surface area (Å²) in [5, 5.41) is 10.4. The summed E-state index contributed by atoms with van der Waals surface area (Å²) < 4.78 is 5.49. The summed E-state index contributed by atoms with van der Waals surface area (Å²) in [5.74, 6) is -4.17. The van der Waals surface area contributed by atoms with Crippen molar-refractivity contribution in [3.05, 3.63) is 35.9 Å². The van der Waals surface area contributed by atoms with E-state index in [4.69, 9.17) is 4.74 Å². The van der Waals surface area contributed by atoms with E-state index in [2.05, 4.69) is 21.3 Å². The monoisotopic (exact) mass is 726 g/mol. The lowest BCUT2D eigenvalue weighted by Crippen LogP contribution is -2.60. The molecule has 1 aliphatic heterocycles. The zero-order chi connectivity index (χ0) is 39.3. The summed E-state index contributed by atoms with van der Waals surface area (Å²) in [4.78, 5) is 96.0. The molecule has 0 aromatic heterocycles. The Morgan fingerprint density at radius 3 is 2.12 bits per heavy atom. The summed E-state index contributed by atoms with van der Waals surface area (Å²) in [6, 6.07) is 4.47. The second-order valence-electron chi connectivity index (χ2n) is 16.2. The second-order valence-corrected chi connectivity index (χ2v) is 16.2. The summed E-state index contributed by atoms with van der Waals surface area (Å²) in [6.07, 6.45) is -0.518. The van der Waals surface area contributed by atoms with Crippen LogP contribution in [0.5, 0.6) is 0 Å². The number of carbonyl (C=O) groups excluding carboxylic acids is 7. The van der Waals surface area contributed by atoms with Crippen LogP contribution in [0.1, 0.15) is 86.8 Å². The van der Waals surface area contributed by atoms with Gasteiger partial charge in [0.1, 0.15) is 24.2 Å². The van der Waals surface area contributed by atoms with Crippen molar-refractivity contribution in [1.82, 2.24) is 31.1 Å². The molecule has 52 heavy (non-hydrogen) atoms. The number of fused-ring (bicyclic) bond motifs is 1. The van der Waals surface area contributed by atoms with E-state index in [0.717, 1.165) is 0 Å². The number of benzene rings is 1. The van der Waals surface area contributed by atoms with Crippen LogP contribution in [0, 0.1) is 28.6 Å². The zero-order valence-corrected chi connectivity index (χ0v) is 32.5. The molecule has 1 aromatic carbocycles. The van der Waals surface area contributed by atoms with E-state index in [1.165, 1.54) is 9.80 Å². The van der Waals surface area contributed by atoms with Gasteiger partial charge in [-0.05, 0) is 47.5 Å². The number of rotatable bonds is 15. The first kappa shape index (κ1) is 41.9. The Kier molecular flexibility index (Phi) is 13.6. The number of hydrogen-bond acceptors (Lipinski definition) is 8. The Hall–Kier alpha value is -4.49. The van der Waals surface area contributed by atoms with Gasteiger partial charge in [-0.25, -0.2) is 4.79 Å². The summed E-state index contributed by atoms with van der Waals surface area (Å²) in [5.41, 5.74) is -0.421. The lowest BCUT2D eigenvalue weighted by molar-refractivity contribution is -0.145. The van der Waals surface area contributed by atoms with Crippen molar-refractivity contribution < 1.29 is 38.3 Å². The number of ether oxygens (including phenoxy) is 1. The molecule has 2 fully saturated rings. The Labute approximate surface area is 307 Å². The molecule has 2 aliphatic rings. The number of likely N-dealkylation sites (tertiary alicyclic amines) is 1. The van der Waals surface area contributed by atoms with Gasteiger partial charge >= 0.3 is 6.09 Å². The van der Waals surface area contributed by atoms with Crippen LogP contribution < -0.4 is 21.3 Å². The number of hydrogen-bond donors (Lipinski definition) is 4. The predicted octanol–water partition coefficient (Wildman–Crippen LogP) is 2.57. The van der Waals surface area contributed by atoms with E-state index in [9.17, 15) is 33.6 Å². The molecule has 288 valence electrons. The zero-order valence-electron chi connectivity index (χ0n) is 32.5. The SMILES string of the molecule is CCC[C@H](NC(=O)[C@@H]1[C@@H]2[C@H](CN1C(=O)[C@@H](NC(=O)OC(C)C(C)C)C(C)(C)C)C2(C)C)C(=O)C(=O)NCC(=O)N[C@H](C(=O)N(C)C)c1ccccc1. The minimum absolute atomic E-state index is 0.0296. The topological polar surface area (TPSA) is 183 Å². The van der Waals surface area contributed by atoms with Gasteiger partial charge in [-0.3, -0.25) is 28.8 Å². The van der Waals surface area contributed by atoms with Gasteiger partial charge in [0.2, 0.25) is 29.4 Å². The van der Waals surface area contributed by atoms with Crippen molar-refractivity contribution in [2.75, 3.05) is 27.2 Å². The van der Waals surface area contributed by atoms with Crippen molar-refractivity contribution in [1.29, 1.82) is 0 Å². The molecule has 1 aromatic rings. The lowest BCUT2D eigenvalue weighted by atomic mass is 9.85. The molecule has 14 nitrogen and oxygen atoms in total. The molecule has 6 amide bonds. The molecule has 0 bridgehead atoms. The van der Waals surface area contributed by atoms with Gasteiger partial charge in [0.05, 0.1) is 12.6 Å². The molecule has 1 aliphatic carbocycles. The molecule has 0 radical (unpaired) electrons. The molecule has 4 N–H and O–H groups in total. The number of carbonyl (C=O) groups is 7. The molecule has 7 atom stereocenters. The van der Waals surface area contributed by atoms with Crippen LogP contribution in [0.25, 0.3) is 0 Å². The molecule has 14 heteroatoms. The molecule has 1 saturated carbocycles. The average Bonchev–Trinajstić information content (AvgIpc) is 3.37. The van der Waals surface area contributed by atoms with Gasteiger partial charge in [0.15, 0.2) is 0 Å². The molecule has 1 unspecified atom stereocenters. The minimum atomic E-state index is -1.21. The number of Topliss-reactive ketones (excluding diaryl/α,β-unsaturated/α-hetero) is 1. The van der Waals surface area contributed by atoms with Gasteiger partial charge < -0.3 is 35.8 Å². The van der Waals surface area contributed by atoms with E-state index < -0.39 is 71.6 Å². The van der Waals surface area contributed by atoms with Crippen LogP contribution in [0.2, 0.25) is 0 Å². The van der Waals surface area contributed by atoms with E-state index >= 15 is 0 Å². The number of ketones is 1. The van der Waals surface area contributed by atoms with E-state index in [-0.39, 0.29) is 41.6 Å². The minimum Gasteiger partial charge on any atom is -0.446 e. The van der Waals surface area contributed by atoms with Crippen LogP contribution in [0.15, 0.2) is 30.3 Å². The first-order valence-electron chi connectivity index (χ1n) is 18.1. The third-order valence-corrected chi connectivity index (χ3v) is 10.3. The van der Waals surface area contributed by atoms with Crippen molar-refractivity contribution in [3.8, 4) is 0 Å². The third kappa shape index (κ3) is 9.88. The molecule has 3 rings (SSSR count). The van der Waals surface area contributed by atoms with Gasteiger partial charge in [0.25, 0.3) is 5.91 Å². The lowest BCUT2D eigenvalue weighted by Gasteiger charge is -2.38. The highest BCUT2D eigenvalue weighted by atomic mass is 16.6. The normalized spacial score (nSPS) is 21.1. The summed E-state index contributed by atoms with van der Waals surface area (Å²) in [6.45, 7) is 16.6. The number of nitrogens with zero attached hydrogens (tertiary/aromatic N) is 2. The molecule has 0 spiro atoms. The highest BCUT2D eigenvalue weighted by Crippen LogP contribution is 2.65. The van der Waals surface area contributed by atoms with Crippen LogP contribution >= 0.6 is 0 Å². The third-order valence-electron chi connectivity index (χ3n) is 10.3. The van der Waals surface area contributed by atoms with Crippen LogP contribution in [-0.2, 0) is 33.5 Å². The Bertz CT molecular complexity index is 1500. The Morgan fingerprint density at radius 2 is 1.58 bits per heavy atom. The standard InChI is InChI=1S/C38H58N6O8/c1-12-16-25(30(46)33(48)39-19-26(45)41-28(34(49)43(10)11)23-17-14-13-15-18-23)40-32(47)29-27-24(38(27,8)9)20-44(29)35(50)31(37(5,6)7)42-36(51)52-22(4)21(2)3/h13-15,17-18,21-22,24-25,27-29,31H,12,16,19-20H2,1-11H3,(H,39,48)(H,40,47)(H,41,45)(H,42,51)/t22?,24-,25-,27-,28-,29-,31+/m0/s1. The fraction of sp³-hybridized carbons (Fsp3) is 0.658. The van der Waals surface area contributed by atoms with E-state index in [0.29, 0.717) is 18.5 Å². The first-order chi connectivity index (χ1) is 24.1. The Morgan fingerprint density at radius 1 is 0.962 bits per heavy atom. The van der Waals surface area contributed by atoms with Crippen molar-refractivity contribution in [2.24, 2.45) is 28.6 Å². The van der Waals surface area contributed by atoms with Crippen molar-refractivity contribution >= 4 is 41.4 Å². The highest BCUT2D eigenvalue weighted by molar-refractivity contribution is 6.38. The molecular weight excluding hydrogens is 668 g/mol. The summed E-state index contributed by atoms with van der Waals surface area (Å²) in [7, 11) is 3.12. The summed E-state index contributed by atoms with van der Waals surface area (Å²) >= 11 is 0. The van der Waals surface area contributed by atoms with E-state index in [1.807, 2.05) is 48.5 Å². The van der Waals surface area contributed by atoms with Gasteiger partial charge in [-0.1, -0.05) is 92.1 Å². The maximum atomic E-state index is 14.2. The maximum absolute atomic E-state index is 14.2. The van der Waals surface area contributed by atoms with Crippen molar-refractivity contribution in [3.63, 3.8) is 0 Å². The predicted molar refractivity (Wildman–Crippen MR) is 194 cm³/mol. The average molecular weight is 727 g/mol. The highest BCUT2D eigenvalue weighted by Gasteiger charge is 2.70. The second kappa shape index (κ2) is 16.9. The number of nitrogens with one attached hydrogen (secondary N) is 4. The molecular formula is C38H58N6O8. The van der Waals surface area contributed by atoms with Gasteiger partial charge in [-0.2, -0.15) is 0 Å². The van der Waals surface area contributed by atoms with Crippen LogP contribution in [0.4, 0.5) is 4.79 Å². The number of amides is 6. The largest absolute Gasteiger partial charge is 0.446 e. The van der Waals surface area contributed by atoms with Crippen LogP contribution in [0.3, 0.4) is 0 Å². The quantitative estimate of drug-likeness (QED) is 0.199. The van der Waals surface area contributed by atoms with Crippen molar-refractivity contribution in [2.45, 2.75) is 105 Å². The number of piperidine rings is 1. The number of likely N-dealkylation sites (N-methyl/N-ethyl adjacent to an activating group) is 1. The van der Waals surface area contributed by atoms with Gasteiger partial charge in [-0.15, -0.1) is 0 Å². The fourth-order valence-electron chi connectivity index (χ4n) is 6.71. The maximum Gasteiger partial charge on any atom is 0.408 e. The van der Waals surface area contributed by atoms with Gasteiger partial charge in [0, 0.05) is 20.6 Å². The fourth-order valence-corrected chi connectivity index (χ4v) is 6.71. The Balaban J connectivity index is 1.73. The number of alkyl carbamates (subject to hydrolysis) is 1. The van der Waals surface area contributed by atoms with Crippen LogP contribution in [-0.4, -0.2) is 103 Å². The first-order valence-corrected chi connectivity index (χ1v) is 18.1. The molecule has 1 saturated heterocycles. The molecule has 1 heterocycles. The van der Waals surface area contributed by atoms with E-state index in [1.54, 1.807) is 58.3 Å².